The van der Waals surface area contributed by atoms with Crippen LogP contribution in [0.5, 0.6) is 0 Å². The Labute approximate surface area is 80.2 Å². The minimum absolute atomic E-state index is 0.198. The van der Waals surface area contributed by atoms with Gasteiger partial charge in [-0.3, -0.25) is 5.32 Å². The van der Waals surface area contributed by atoms with Gasteiger partial charge >= 0.3 is 0 Å². The fourth-order valence-electron chi connectivity index (χ4n) is 1.89. The van der Waals surface area contributed by atoms with E-state index in [-0.39, 0.29) is 6.61 Å². The number of aliphatic hydroxyl groups excluding tert-OH is 1. The smallest absolute Gasteiger partial charge is 0.116 e. The SMILES string of the molecule is OCCCNC1(O)CCCCCC1. The van der Waals surface area contributed by atoms with Crippen LogP contribution in [-0.2, 0) is 0 Å². The normalized spacial score (nSPS) is 22.6. The van der Waals surface area contributed by atoms with E-state index in [1.54, 1.807) is 0 Å². The van der Waals surface area contributed by atoms with E-state index in [4.69, 9.17) is 5.11 Å². The van der Waals surface area contributed by atoms with Gasteiger partial charge in [0.15, 0.2) is 0 Å². The van der Waals surface area contributed by atoms with E-state index in [1.165, 1.54) is 12.8 Å². The molecule has 78 valence electrons. The fourth-order valence-corrected chi connectivity index (χ4v) is 1.89. The third-order valence-corrected chi connectivity index (χ3v) is 2.72. The van der Waals surface area contributed by atoms with Gasteiger partial charge in [-0.25, -0.2) is 0 Å². The quantitative estimate of drug-likeness (QED) is 0.349. The fraction of sp³-hybridized carbons (Fsp3) is 1.00. The molecule has 0 saturated heterocycles. The molecule has 1 saturated carbocycles. The van der Waals surface area contributed by atoms with E-state index in [0.717, 1.165) is 32.1 Å². The van der Waals surface area contributed by atoms with E-state index in [0.29, 0.717) is 6.54 Å². The van der Waals surface area contributed by atoms with Crippen LogP contribution >= 0.6 is 0 Å². The van der Waals surface area contributed by atoms with E-state index >= 15 is 0 Å². The number of nitrogens with one attached hydrogen (secondary N) is 1. The minimum atomic E-state index is -0.647. The van der Waals surface area contributed by atoms with Crippen molar-refractivity contribution in [3.8, 4) is 0 Å². The molecule has 0 spiro atoms. The highest BCUT2D eigenvalue weighted by molar-refractivity contribution is 4.78. The van der Waals surface area contributed by atoms with E-state index < -0.39 is 5.72 Å². The Morgan fingerprint density at radius 3 is 2.23 bits per heavy atom. The first-order chi connectivity index (χ1) is 6.27. The number of hydrogen-bond donors (Lipinski definition) is 3. The zero-order valence-corrected chi connectivity index (χ0v) is 8.26. The third kappa shape index (κ3) is 4.07. The Morgan fingerprint density at radius 2 is 1.69 bits per heavy atom. The molecule has 0 radical (unpaired) electrons. The lowest BCUT2D eigenvalue weighted by atomic mass is 10.0. The highest BCUT2D eigenvalue weighted by atomic mass is 16.3. The molecule has 0 aromatic rings. The second-order valence-electron chi connectivity index (χ2n) is 3.95. The van der Waals surface area contributed by atoms with Crippen LogP contribution < -0.4 is 5.32 Å². The van der Waals surface area contributed by atoms with Crippen molar-refractivity contribution in [1.82, 2.24) is 5.32 Å². The first-order valence-electron chi connectivity index (χ1n) is 5.35. The maximum absolute atomic E-state index is 10.1. The van der Waals surface area contributed by atoms with Gasteiger partial charge in [-0.1, -0.05) is 12.8 Å². The number of hydrogen-bond acceptors (Lipinski definition) is 3. The standard InChI is InChI=1S/C10H21NO2/c12-9-5-8-11-10(13)6-3-1-2-4-7-10/h11-13H,1-9H2. The molecule has 0 aromatic heterocycles. The zero-order chi connectivity index (χ0) is 9.57. The largest absolute Gasteiger partial charge is 0.396 e. The number of rotatable bonds is 4. The zero-order valence-electron chi connectivity index (χ0n) is 8.26. The molecule has 0 heterocycles. The summed E-state index contributed by atoms with van der Waals surface area (Å²) >= 11 is 0. The molecular formula is C10H21NO2. The van der Waals surface area contributed by atoms with Crippen molar-refractivity contribution in [2.24, 2.45) is 0 Å². The molecule has 3 nitrogen and oxygen atoms in total. The summed E-state index contributed by atoms with van der Waals surface area (Å²) in [5, 5.41) is 21.8. The Hall–Kier alpha value is -0.120. The summed E-state index contributed by atoms with van der Waals surface area (Å²) in [6.45, 7) is 0.913. The van der Waals surface area contributed by atoms with Gasteiger partial charge in [0.25, 0.3) is 0 Å². The Balaban J connectivity index is 2.25. The lowest BCUT2D eigenvalue weighted by molar-refractivity contribution is -0.00974. The van der Waals surface area contributed by atoms with Gasteiger partial charge in [-0.15, -0.1) is 0 Å². The average Bonchev–Trinajstić information content (AvgIpc) is 2.31. The maximum Gasteiger partial charge on any atom is 0.116 e. The van der Waals surface area contributed by atoms with E-state index in [1.807, 2.05) is 0 Å². The highest BCUT2D eigenvalue weighted by Gasteiger charge is 2.26. The molecule has 13 heavy (non-hydrogen) atoms. The first kappa shape index (κ1) is 11.0. The van der Waals surface area contributed by atoms with Crippen LogP contribution in [-0.4, -0.2) is 29.1 Å². The second-order valence-corrected chi connectivity index (χ2v) is 3.95. The Kier molecular flexibility index (Phi) is 4.70. The molecule has 0 aromatic carbocycles. The maximum atomic E-state index is 10.1. The van der Waals surface area contributed by atoms with Crippen LogP contribution in [0.4, 0.5) is 0 Å². The lowest BCUT2D eigenvalue weighted by Crippen LogP contribution is -2.45. The molecule has 0 unspecified atom stereocenters. The van der Waals surface area contributed by atoms with Crippen molar-refractivity contribution >= 4 is 0 Å². The van der Waals surface area contributed by atoms with Crippen molar-refractivity contribution in [2.45, 2.75) is 50.7 Å². The highest BCUT2D eigenvalue weighted by Crippen LogP contribution is 2.24. The average molecular weight is 187 g/mol. The topological polar surface area (TPSA) is 52.5 Å². The molecule has 1 aliphatic carbocycles. The van der Waals surface area contributed by atoms with Gasteiger partial charge in [-0.05, 0) is 38.6 Å². The molecule has 0 aliphatic heterocycles. The summed E-state index contributed by atoms with van der Waals surface area (Å²) in [5.41, 5.74) is -0.647. The summed E-state index contributed by atoms with van der Waals surface area (Å²) in [4.78, 5) is 0. The minimum Gasteiger partial charge on any atom is -0.396 e. The molecule has 1 fully saturated rings. The monoisotopic (exact) mass is 187 g/mol. The molecule has 3 N–H and O–H groups in total. The molecule has 3 heteroatoms. The molecule has 1 rings (SSSR count). The van der Waals surface area contributed by atoms with Crippen molar-refractivity contribution in [3.05, 3.63) is 0 Å². The van der Waals surface area contributed by atoms with Crippen LogP contribution in [0.15, 0.2) is 0 Å². The molecule has 1 aliphatic rings. The third-order valence-electron chi connectivity index (χ3n) is 2.72. The Bertz CT molecular complexity index is 131. The van der Waals surface area contributed by atoms with E-state index in [9.17, 15) is 5.11 Å². The summed E-state index contributed by atoms with van der Waals surface area (Å²) in [5.74, 6) is 0. The second kappa shape index (κ2) is 5.58. The van der Waals surface area contributed by atoms with E-state index in [2.05, 4.69) is 5.32 Å². The predicted octanol–water partition coefficient (Wildman–Crippen LogP) is 1.00. The van der Waals surface area contributed by atoms with Crippen LogP contribution in [0.2, 0.25) is 0 Å². The van der Waals surface area contributed by atoms with Crippen LogP contribution in [0.25, 0.3) is 0 Å². The van der Waals surface area contributed by atoms with Crippen LogP contribution in [0.3, 0.4) is 0 Å². The van der Waals surface area contributed by atoms with Crippen molar-refractivity contribution in [1.29, 1.82) is 0 Å². The first-order valence-corrected chi connectivity index (χ1v) is 5.35. The van der Waals surface area contributed by atoms with Crippen molar-refractivity contribution in [2.75, 3.05) is 13.2 Å². The summed E-state index contributed by atoms with van der Waals surface area (Å²) in [7, 11) is 0. The number of aliphatic hydroxyl groups is 2. The lowest BCUT2D eigenvalue weighted by Gasteiger charge is -2.27. The van der Waals surface area contributed by atoms with Crippen LogP contribution in [0, 0.1) is 0 Å². The van der Waals surface area contributed by atoms with Gasteiger partial charge in [0.05, 0.1) is 0 Å². The van der Waals surface area contributed by atoms with Gasteiger partial charge in [0, 0.05) is 6.61 Å². The van der Waals surface area contributed by atoms with Gasteiger partial charge in [0.2, 0.25) is 0 Å². The van der Waals surface area contributed by atoms with Crippen LogP contribution in [0.1, 0.15) is 44.9 Å². The molecule has 0 atom stereocenters. The Morgan fingerprint density at radius 1 is 1.08 bits per heavy atom. The van der Waals surface area contributed by atoms with Gasteiger partial charge in [-0.2, -0.15) is 0 Å². The van der Waals surface area contributed by atoms with Crippen molar-refractivity contribution in [3.63, 3.8) is 0 Å². The van der Waals surface area contributed by atoms with Crippen molar-refractivity contribution < 1.29 is 10.2 Å². The summed E-state index contributed by atoms with van der Waals surface area (Å²) in [6, 6.07) is 0. The molecule has 0 amide bonds. The molecular weight excluding hydrogens is 166 g/mol. The molecule has 0 bridgehead atoms. The predicted molar refractivity (Wildman–Crippen MR) is 52.4 cm³/mol. The summed E-state index contributed by atoms with van der Waals surface area (Å²) < 4.78 is 0. The van der Waals surface area contributed by atoms with Gasteiger partial charge in [0.1, 0.15) is 5.72 Å². The summed E-state index contributed by atoms with van der Waals surface area (Å²) in [6.07, 6.45) is 7.15. The van der Waals surface area contributed by atoms with Gasteiger partial charge < -0.3 is 10.2 Å².